The van der Waals surface area contributed by atoms with Gasteiger partial charge >= 0.3 is 0 Å². The summed E-state index contributed by atoms with van der Waals surface area (Å²) < 4.78 is 30.4. The molecule has 0 radical (unpaired) electrons. The predicted molar refractivity (Wildman–Crippen MR) is 41.8 cm³/mol. The molecule has 0 aromatic carbocycles. The number of aliphatic hydroxyl groups excluding tert-OH is 1. The van der Waals surface area contributed by atoms with Gasteiger partial charge in [0, 0.05) is 17.8 Å². The third-order valence-corrected chi connectivity index (χ3v) is 1.56. The zero-order valence-corrected chi connectivity index (χ0v) is 7.00. The van der Waals surface area contributed by atoms with Gasteiger partial charge in [-0.25, -0.2) is 4.98 Å². The first kappa shape index (κ1) is 9.85. The quantitative estimate of drug-likeness (QED) is 0.776. The predicted octanol–water partition coefficient (Wildman–Crippen LogP) is 1.17. The number of aromatic nitrogens is 1. The van der Waals surface area contributed by atoms with Crippen LogP contribution >= 0.6 is 0 Å². The second-order valence-corrected chi connectivity index (χ2v) is 2.45. The van der Waals surface area contributed by atoms with E-state index >= 15 is 0 Å². The van der Waals surface area contributed by atoms with E-state index in [1.165, 1.54) is 13.3 Å². The SMILES string of the molecule is COc1cc(C(F)(F)CO)ccn1. The van der Waals surface area contributed by atoms with Crippen LogP contribution in [0.5, 0.6) is 5.88 Å². The Morgan fingerprint density at radius 1 is 1.62 bits per heavy atom. The molecule has 1 rings (SSSR count). The first-order chi connectivity index (χ1) is 6.10. The average Bonchev–Trinajstić information content (AvgIpc) is 2.18. The molecule has 1 heterocycles. The summed E-state index contributed by atoms with van der Waals surface area (Å²) in [5.41, 5.74) is -0.304. The fourth-order valence-electron chi connectivity index (χ4n) is 0.840. The van der Waals surface area contributed by atoms with Crippen molar-refractivity contribution in [1.82, 2.24) is 4.98 Å². The fraction of sp³-hybridized carbons (Fsp3) is 0.375. The highest BCUT2D eigenvalue weighted by Gasteiger charge is 2.30. The van der Waals surface area contributed by atoms with Crippen molar-refractivity contribution in [2.75, 3.05) is 13.7 Å². The lowest BCUT2D eigenvalue weighted by Gasteiger charge is -2.13. The van der Waals surface area contributed by atoms with Crippen molar-refractivity contribution in [3.05, 3.63) is 23.9 Å². The molecule has 0 aliphatic heterocycles. The van der Waals surface area contributed by atoms with Crippen LogP contribution < -0.4 is 4.74 Å². The summed E-state index contributed by atoms with van der Waals surface area (Å²) in [6, 6.07) is 2.23. The fourth-order valence-corrected chi connectivity index (χ4v) is 0.840. The Kier molecular flexibility index (Phi) is 2.77. The van der Waals surface area contributed by atoms with Crippen LogP contribution in [0.15, 0.2) is 18.3 Å². The zero-order valence-electron chi connectivity index (χ0n) is 7.00. The van der Waals surface area contributed by atoms with E-state index in [9.17, 15) is 8.78 Å². The summed E-state index contributed by atoms with van der Waals surface area (Å²) >= 11 is 0. The van der Waals surface area contributed by atoms with Crippen molar-refractivity contribution < 1.29 is 18.6 Å². The van der Waals surface area contributed by atoms with Gasteiger partial charge in [0.05, 0.1) is 7.11 Å². The number of alkyl halides is 2. The van der Waals surface area contributed by atoms with Gasteiger partial charge in [0.2, 0.25) is 5.88 Å². The van der Waals surface area contributed by atoms with E-state index in [1.54, 1.807) is 0 Å². The number of methoxy groups -OCH3 is 1. The molecule has 0 aliphatic rings. The third-order valence-electron chi connectivity index (χ3n) is 1.56. The van der Waals surface area contributed by atoms with Crippen molar-refractivity contribution in [3.8, 4) is 5.88 Å². The van der Waals surface area contributed by atoms with Crippen LogP contribution in [0.1, 0.15) is 5.56 Å². The topological polar surface area (TPSA) is 42.4 Å². The van der Waals surface area contributed by atoms with Crippen LogP contribution in [0.4, 0.5) is 8.78 Å². The Hall–Kier alpha value is -1.23. The van der Waals surface area contributed by atoms with Gasteiger partial charge < -0.3 is 9.84 Å². The van der Waals surface area contributed by atoms with Crippen LogP contribution in [-0.4, -0.2) is 23.8 Å². The molecule has 3 nitrogen and oxygen atoms in total. The highest BCUT2D eigenvalue weighted by molar-refractivity contribution is 5.24. The standard InChI is InChI=1S/C8H9F2NO2/c1-13-7-4-6(2-3-11-7)8(9,10)5-12/h2-4,12H,5H2,1H3. The molecule has 0 amide bonds. The Morgan fingerprint density at radius 2 is 2.31 bits per heavy atom. The maximum Gasteiger partial charge on any atom is 0.296 e. The Bertz CT molecular complexity index is 291. The first-order valence-electron chi connectivity index (χ1n) is 3.59. The lowest BCUT2D eigenvalue weighted by atomic mass is 10.1. The summed E-state index contributed by atoms with van der Waals surface area (Å²) in [5.74, 6) is -3.14. The van der Waals surface area contributed by atoms with Crippen molar-refractivity contribution >= 4 is 0 Å². The zero-order chi connectivity index (χ0) is 9.90. The van der Waals surface area contributed by atoms with Crippen molar-refractivity contribution in [2.24, 2.45) is 0 Å². The minimum Gasteiger partial charge on any atom is -0.481 e. The number of pyridine rings is 1. The molecule has 0 unspecified atom stereocenters. The Morgan fingerprint density at radius 3 is 2.85 bits per heavy atom. The van der Waals surface area contributed by atoms with Gasteiger partial charge in [-0.05, 0) is 6.07 Å². The van der Waals surface area contributed by atoms with Gasteiger partial charge in [0.1, 0.15) is 6.61 Å². The largest absolute Gasteiger partial charge is 0.481 e. The summed E-state index contributed by atoms with van der Waals surface area (Å²) in [4.78, 5) is 3.67. The second kappa shape index (κ2) is 3.66. The molecule has 0 bridgehead atoms. The molecule has 1 aromatic heterocycles. The molecular formula is C8H9F2NO2. The average molecular weight is 189 g/mol. The van der Waals surface area contributed by atoms with Gasteiger partial charge in [0.15, 0.2) is 0 Å². The monoisotopic (exact) mass is 189 g/mol. The van der Waals surface area contributed by atoms with Crippen LogP contribution in [0.3, 0.4) is 0 Å². The number of hydrogen-bond donors (Lipinski definition) is 1. The lowest BCUT2D eigenvalue weighted by Crippen LogP contribution is -2.18. The normalized spacial score (nSPS) is 11.4. The summed E-state index contributed by atoms with van der Waals surface area (Å²) in [6.45, 7) is -1.22. The van der Waals surface area contributed by atoms with Crippen LogP contribution in [0, 0.1) is 0 Å². The van der Waals surface area contributed by atoms with Crippen molar-refractivity contribution in [1.29, 1.82) is 0 Å². The molecule has 0 fully saturated rings. The van der Waals surface area contributed by atoms with E-state index in [0.29, 0.717) is 0 Å². The number of aliphatic hydroxyl groups is 1. The van der Waals surface area contributed by atoms with Gasteiger partial charge in [-0.15, -0.1) is 0 Å². The molecule has 1 N–H and O–H groups in total. The molecule has 0 spiro atoms. The van der Waals surface area contributed by atoms with Crippen molar-refractivity contribution in [3.63, 3.8) is 0 Å². The molecule has 13 heavy (non-hydrogen) atoms. The molecular weight excluding hydrogens is 180 g/mol. The molecule has 1 aromatic rings. The van der Waals surface area contributed by atoms with Crippen LogP contribution in [-0.2, 0) is 5.92 Å². The van der Waals surface area contributed by atoms with E-state index in [0.717, 1.165) is 12.1 Å². The smallest absolute Gasteiger partial charge is 0.296 e. The molecule has 72 valence electrons. The Balaban J connectivity index is 3.01. The summed E-state index contributed by atoms with van der Waals surface area (Å²) in [7, 11) is 1.34. The van der Waals surface area contributed by atoms with Crippen LogP contribution in [0.2, 0.25) is 0 Å². The van der Waals surface area contributed by atoms with E-state index in [-0.39, 0.29) is 11.4 Å². The summed E-state index contributed by atoms with van der Waals surface area (Å²) in [6.07, 6.45) is 1.21. The molecule has 0 saturated heterocycles. The first-order valence-corrected chi connectivity index (χ1v) is 3.59. The van der Waals surface area contributed by atoms with Gasteiger partial charge in [-0.1, -0.05) is 0 Å². The van der Waals surface area contributed by atoms with Crippen LogP contribution in [0.25, 0.3) is 0 Å². The van der Waals surface area contributed by atoms with E-state index < -0.39 is 12.5 Å². The minimum atomic E-state index is -3.24. The van der Waals surface area contributed by atoms with Crippen molar-refractivity contribution in [2.45, 2.75) is 5.92 Å². The molecule has 0 atom stereocenters. The maximum atomic E-state index is 12.9. The number of nitrogens with zero attached hydrogens (tertiary/aromatic N) is 1. The number of ether oxygens (including phenoxy) is 1. The van der Waals surface area contributed by atoms with Gasteiger partial charge in [0.25, 0.3) is 5.92 Å². The van der Waals surface area contributed by atoms with E-state index in [1.807, 2.05) is 0 Å². The second-order valence-electron chi connectivity index (χ2n) is 2.45. The van der Waals surface area contributed by atoms with Gasteiger partial charge in [-0.2, -0.15) is 8.78 Å². The lowest BCUT2D eigenvalue weighted by molar-refractivity contribution is -0.0558. The number of rotatable bonds is 3. The molecule has 0 aliphatic carbocycles. The third kappa shape index (κ3) is 2.12. The Labute approximate surface area is 74.0 Å². The highest BCUT2D eigenvalue weighted by atomic mass is 19.3. The van der Waals surface area contributed by atoms with E-state index in [4.69, 9.17) is 5.11 Å². The van der Waals surface area contributed by atoms with E-state index in [2.05, 4.69) is 9.72 Å². The summed E-state index contributed by atoms with van der Waals surface area (Å²) in [5, 5.41) is 8.40. The molecule has 5 heteroatoms. The maximum absolute atomic E-state index is 12.9. The number of halogens is 2. The molecule has 0 saturated carbocycles. The van der Waals surface area contributed by atoms with Gasteiger partial charge in [-0.3, -0.25) is 0 Å². The highest BCUT2D eigenvalue weighted by Crippen LogP contribution is 2.28. The number of hydrogen-bond acceptors (Lipinski definition) is 3. The minimum absolute atomic E-state index is 0.102.